The smallest absolute Gasteiger partial charge is 0.243 e. The maximum Gasteiger partial charge on any atom is 0.243 e. The lowest BCUT2D eigenvalue weighted by atomic mass is 9.97. The monoisotopic (exact) mass is 483 g/mol. The number of nitrogens with one attached hydrogen (secondary N) is 1. The summed E-state index contributed by atoms with van der Waals surface area (Å²) >= 11 is 1.56. The van der Waals surface area contributed by atoms with Gasteiger partial charge in [-0.15, -0.1) is 11.3 Å². The highest BCUT2D eigenvalue weighted by Crippen LogP contribution is 2.28. The van der Waals surface area contributed by atoms with Crippen LogP contribution < -0.4 is 5.32 Å². The molecule has 0 saturated carbocycles. The molecule has 4 rings (SSSR count). The molecule has 33 heavy (non-hydrogen) atoms. The molecule has 2 aromatic carbocycles. The minimum atomic E-state index is -3.57. The molecule has 1 N–H and O–H groups in total. The van der Waals surface area contributed by atoms with Gasteiger partial charge in [-0.05, 0) is 56.4 Å². The summed E-state index contributed by atoms with van der Waals surface area (Å²) in [6.07, 6.45) is 1.03. The summed E-state index contributed by atoms with van der Waals surface area (Å²) in [6, 6.07) is 13.6. The number of carbonyl (C=O) groups is 1. The number of amides is 1. The second-order valence-electron chi connectivity index (χ2n) is 8.61. The number of benzene rings is 2. The van der Waals surface area contributed by atoms with Gasteiger partial charge in [0.15, 0.2) is 0 Å². The molecule has 0 bridgehead atoms. The number of nitrogens with zero attached hydrogens (tertiary/aromatic N) is 2. The number of rotatable bonds is 6. The van der Waals surface area contributed by atoms with Crippen LogP contribution in [-0.2, 0) is 21.4 Å². The van der Waals surface area contributed by atoms with Crippen molar-refractivity contribution >= 4 is 27.3 Å². The molecule has 1 aliphatic heterocycles. The van der Waals surface area contributed by atoms with Crippen molar-refractivity contribution in [2.75, 3.05) is 13.1 Å². The van der Waals surface area contributed by atoms with Crippen molar-refractivity contribution in [1.82, 2.24) is 14.6 Å². The van der Waals surface area contributed by atoms with Crippen LogP contribution >= 0.6 is 11.3 Å². The summed E-state index contributed by atoms with van der Waals surface area (Å²) in [5, 5.41) is 5.87. The van der Waals surface area contributed by atoms with E-state index in [-0.39, 0.29) is 11.8 Å². The fourth-order valence-electron chi connectivity index (χ4n) is 4.13. The summed E-state index contributed by atoms with van der Waals surface area (Å²) < 4.78 is 27.9. The summed E-state index contributed by atoms with van der Waals surface area (Å²) in [5.41, 5.74) is 4.70. The zero-order valence-corrected chi connectivity index (χ0v) is 20.8. The summed E-state index contributed by atoms with van der Waals surface area (Å²) in [7, 11) is -3.57. The van der Waals surface area contributed by atoms with E-state index in [9.17, 15) is 13.2 Å². The highest BCUT2D eigenvalue weighted by atomic mass is 32.2. The summed E-state index contributed by atoms with van der Waals surface area (Å²) in [6.45, 7) is 6.82. The van der Waals surface area contributed by atoms with Gasteiger partial charge in [0.2, 0.25) is 15.9 Å². The molecular weight excluding hydrogens is 454 g/mol. The lowest BCUT2D eigenvalue weighted by molar-refractivity contribution is -0.126. The molecule has 0 atom stereocenters. The maximum absolute atomic E-state index is 13.2. The largest absolute Gasteiger partial charge is 0.350 e. The molecule has 1 fully saturated rings. The first kappa shape index (κ1) is 23.6. The van der Waals surface area contributed by atoms with Crippen molar-refractivity contribution in [3.8, 4) is 10.6 Å². The second-order valence-corrected chi connectivity index (χ2v) is 11.4. The molecule has 1 amide bonds. The molecule has 1 aliphatic rings. The van der Waals surface area contributed by atoms with Gasteiger partial charge in [0, 0.05) is 30.0 Å². The molecule has 0 aliphatic carbocycles. The van der Waals surface area contributed by atoms with E-state index < -0.39 is 10.0 Å². The topological polar surface area (TPSA) is 79.4 Å². The molecule has 1 aromatic heterocycles. The molecule has 2 heterocycles. The van der Waals surface area contributed by atoms with Gasteiger partial charge in [0.25, 0.3) is 0 Å². The highest BCUT2D eigenvalue weighted by Gasteiger charge is 2.33. The quantitative estimate of drug-likeness (QED) is 0.562. The van der Waals surface area contributed by atoms with Gasteiger partial charge >= 0.3 is 0 Å². The minimum Gasteiger partial charge on any atom is -0.350 e. The number of piperidine rings is 1. The Labute approximate surface area is 199 Å². The van der Waals surface area contributed by atoms with Crippen LogP contribution in [0.15, 0.2) is 52.7 Å². The van der Waals surface area contributed by atoms with E-state index in [1.165, 1.54) is 4.31 Å². The van der Waals surface area contributed by atoms with Gasteiger partial charge in [-0.2, -0.15) is 4.31 Å². The first-order chi connectivity index (χ1) is 15.8. The van der Waals surface area contributed by atoms with E-state index in [1.54, 1.807) is 17.4 Å². The molecular formula is C25H29N3O3S2. The van der Waals surface area contributed by atoms with E-state index in [4.69, 9.17) is 0 Å². The van der Waals surface area contributed by atoms with Crippen LogP contribution in [0.1, 0.15) is 35.2 Å². The SMILES string of the molecule is Cc1cc(C)c(S(=O)(=O)N2CCC(C(=O)NCc3csc(-c4ccccc4)n3)CC2)cc1C. The predicted octanol–water partition coefficient (Wildman–Crippen LogP) is 4.45. The summed E-state index contributed by atoms with van der Waals surface area (Å²) in [5.74, 6) is -0.229. The average Bonchev–Trinajstić information content (AvgIpc) is 3.29. The Morgan fingerprint density at radius 2 is 1.73 bits per heavy atom. The third kappa shape index (κ3) is 5.18. The molecule has 6 nitrogen and oxygen atoms in total. The number of hydrogen-bond donors (Lipinski definition) is 1. The van der Waals surface area contributed by atoms with Crippen molar-refractivity contribution < 1.29 is 13.2 Å². The third-order valence-corrected chi connectivity index (χ3v) is 9.23. The van der Waals surface area contributed by atoms with Gasteiger partial charge in [0.1, 0.15) is 5.01 Å². The fraction of sp³-hybridized carbons (Fsp3) is 0.360. The average molecular weight is 484 g/mol. The van der Waals surface area contributed by atoms with E-state index in [0.717, 1.165) is 33.0 Å². The van der Waals surface area contributed by atoms with Crippen LogP contribution in [0.3, 0.4) is 0 Å². The third-order valence-electron chi connectivity index (χ3n) is 6.25. The van der Waals surface area contributed by atoms with E-state index in [0.29, 0.717) is 37.4 Å². The molecule has 0 spiro atoms. The van der Waals surface area contributed by atoms with E-state index >= 15 is 0 Å². The Morgan fingerprint density at radius 1 is 1.06 bits per heavy atom. The number of hydrogen-bond acceptors (Lipinski definition) is 5. The van der Waals surface area contributed by atoms with Crippen LogP contribution in [-0.4, -0.2) is 36.7 Å². The zero-order chi connectivity index (χ0) is 23.6. The molecule has 174 valence electrons. The molecule has 0 unspecified atom stereocenters. The normalized spacial score (nSPS) is 15.5. The number of aromatic nitrogens is 1. The Balaban J connectivity index is 1.33. The second kappa shape index (κ2) is 9.75. The molecule has 3 aromatic rings. The van der Waals surface area contributed by atoms with Crippen molar-refractivity contribution in [2.45, 2.75) is 45.1 Å². The maximum atomic E-state index is 13.2. The molecule has 0 radical (unpaired) electrons. The Bertz CT molecular complexity index is 1250. The van der Waals surface area contributed by atoms with Gasteiger partial charge in [-0.25, -0.2) is 13.4 Å². The molecule has 1 saturated heterocycles. The molecule has 8 heteroatoms. The van der Waals surface area contributed by atoms with Crippen LogP contribution in [0.25, 0.3) is 10.6 Å². The summed E-state index contributed by atoms with van der Waals surface area (Å²) in [4.78, 5) is 17.7. The van der Waals surface area contributed by atoms with Crippen LogP contribution in [0.4, 0.5) is 0 Å². The van der Waals surface area contributed by atoms with Crippen molar-refractivity contribution in [2.24, 2.45) is 5.92 Å². The number of aryl methyl sites for hydroxylation is 3. The minimum absolute atomic E-state index is 0.0383. The Morgan fingerprint density at radius 3 is 2.42 bits per heavy atom. The first-order valence-electron chi connectivity index (χ1n) is 11.1. The van der Waals surface area contributed by atoms with E-state index in [2.05, 4.69) is 10.3 Å². The number of sulfonamides is 1. The fourth-order valence-corrected chi connectivity index (χ4v) is 6.72. The Hall–Kier alpha value is -2.55. The van der Waals surface area contributed by atoms with Gasteiger partial charge in [0.05, 0.1) is 17.1 Å². The first-order valence-corrected chi connectivity index (χ1v) is 13.4. The van der Waals surface area contributed by atoms with Gasteiger partial charge in [-0.3, -0.25) is 4.79 Å². The van der Waals surface area contributed by atoms with Crippen molar-refractivity contribution in [3.05, 3.63) is 70.2 Å². The van der Waals surface area contributed by atoms with Crippen LogP contribution in [0, 0.1) is 26.7 Å². The van der Waals surface area contributed by atoms with Gasteiger partial charge < -0.3 is 5.32 Å². The van der Waals surface area contributed by atoms with Crippen molar-refractivity contribution in [3.63, 3.8) is 0 Å². The lowest BCUT2D eigenvalue weighted by Gasteiger charge is -2.31. The predicted molar refractivity (Wildman–Crippen MR) is 132 cm³/mol. The number of carbonyl (C=O) groups excluding carboxylic acids is 1. The van der Waals surface area contributed by atoms with E-state index in [1.807, 2.05) is 62.5 Å². The van der Waals surface area contributed by atoms with Crippen LogP contribution in [0.5, 0.6) is 0 Å². The van der Waals surface area contributed by atoms with Gasteiger partial charge in [-0.1, -0.05) is 36.4 Å². The lowest BCUT2D eigenvalue weighted by Crippen LogP contribution is -2.43. The Kier molecular flexibility index (Phi) is 6.97. The standard InChI is InChI=1S/C25H29N3O3S2/c1-17-13-19(3)23(14-18(17)2)33(30,31)28-11-9-20(10-12-28)24(29)26-15-22-16-32-25(27-22)21-7-5-4-6-8-21/h4-8,13-14,16,20H,9-12,15H2,1-3H3,(H,26,29). The zero-order valence-electron chi connectivity index (χ0n) is 19.2. The highest BCUT2D eigenvalue weighted by molar-refractivity contribution is 7.89. The van der Waals surface area contributed by atoms with Crippen LogP contribution in [0.2, 0.25) is 0 Å². The number of thiazole rings is 1. The van der Waals surface area contributed by atoms with Crippen molar-refractivity contribution in [1.29, 1.82) is 0 Å².